The normalized spacial score (nSPS) is 12.2. The van der Waals surface area contributed by atoms with Crippen LogP contribution >= 0.6 is 0 Å². The first-order chi connectivity index (χ1) is 11.2. The number of benzene rings is 1. The van der Waals surface area contributed by atoms with Gasteiger partial charge in [0.05, 0.1) is 5.52 Å². The van der Waals surface area contributed by atoms with Crippen LogP contribution in [0.5, 0.6) is 0 Å². The molecular weight excluding hydrogens is 296 g/mol. The molecule has 2 aromatic heterocycles. The number of carbonyl (C=O) groups excluding carboxylic acids is 1. The highest BCUT2D eigenvalue weighted by Gasteiger charge is 2.19. The van der Waals surface area contributed by atoms with Gasteiger partial charge in [-0.1, -0.05) is 24.1 Å². The molecule has 0 spiro atoms. The van der Waals surface area contributed by atoms with Gasteiger partial charge in [0.1, 0.15) is 12.2 Å². The van der Waals surface area contributed by atoms with Crippen LogP contribution in [0, 0.1) is 12.3 Å². The van der Waals surface area contributed by atoms with E-state index in [1.165, 1.54) is 0 Å². The fourth-order valence-corrected chi connectivity index (χ4v) is 2.30. The molecule has 116 valence electrons. The summed E-state index contributed by atoms with van der Waals surface area (Å²) < 4.78 is 12.1. The molecule has 0 N–H and O–H groups in total. The molecule has 0 aliphatic rings. The Morgan fingerprint density at radius 1 is 1.39 bits per heavy atom. The Balaban J connectivity index is 2.15. The molecule has 0 unspecified atom stereocenters. The van der Waals surface area contributed by atoms with E-state index in [9.17, 15) is 4.79 Å². The van der Waals surface area contributed by atoms with E-state index >= 15 is 0 Å². The molecule has 7 heteroatoms. The first-order valence-electron chi connectivity index (χ1n) is 6.93. The van der Waals surface area contributed by atoms with Gasteiger partial charge in [-0.25, -0.2) is 9.78 Å². The summed E-state index contributed by atoms with van der Waals surface area (Å²) in [7, 11) is 1.58. The smallest absolute Gasteiger partial charge is 0.379 e. The third kappa shape index (κ3) is 2.60. The third-order valence-electron chi connectivity index (χ3n) is 3.33. The lowest BCUT2D eigenvalue weighted by Gasteiger charge is -2.06. The van der Waals surface area contributed by atoms with E-state index < -0.39 is 12.1 Å². The zero-order chi connectivity index (χ0) is 16.4. The van der Waals surface area contributed by atoms with Crippen LogP contribution in [0.25, 0.3) is 22.1 Å². The summed E-state index contributed by atoms with van der Waals surface area (Å²) in [6.07, 6.45) is 4.54. The second-order valence-electron chi connectivity index (χ2n) is 4.88. The monoisotopic (exact) mass is 310 g/mol. The minimum Gasteiger partial charge on any atom is -0.444 e. The third-order valence-corrected chi connectivity index (χ3v) is 3.33. The highest BCUT2D eigenvalue weighted by Crippen LogP contribution is 2.25. The number of esters is 1. The van der Waals surface area contributed by atoms with Gasteiger partial charge in [0.2, 0.25) is 0 Å². The van der Waals surface area contributed by atoms with Crippen LogP contribution in [0.1, 0.15) is 17.5 Å². The van der Waals surface area contributed by atoms with E-state index in [1.807, 2.05) is 28.8 Å². The zero-order valence-corrected chi connectivity index (χ0v) is 12.7. The number of carbonyl (C=O) groups is 1. The molecule has 0 bridgehead atoms. The lowest BCUT2D eigenvalue weighted by atomic mass is 10.2. The van der Waals surface area contributed by atoms with Crippen molar-refractivity contribution in [2.75, 3.05) is 7.11 Å². The average Bonchev–Trinajstić information content (AvgIpc) is 2.89. The molecule has 0 aliphatic heterocycles. The van der Waals surface area contributed by atoms with Crippen LogP contribution < -0.4 is 0 Å². The van der Waals surface area contributed by atoms with Crippen LogP contribution in [-0.2, 0) is 16.2 Å². The summed E-state index contributed by atoms with van der Waals surface area (Å²) in [6.45, 7) is 1.86. The maximum Gasteiger partial charge on any atom is 0.379 e. The number of ether oxygens (including phenoxy) is 2. The Kier molecular flexibility index (Phi) is 3.91. The Morgan fingerprint density at radius 3 is 2.91 bits per heavy atom. The fourth-order valence-electron chi connectivity index (χ4n) is 2.30. The van der Waals surface area contributed by atoms with Crippen molar-refractivity contribution in [3.05, 3.63) is 30.1 Å². The maximum atomic E-state index is 12.0. The Morgan fingerprint density at radius 2 is 2.17 bits per heavy atom. The summed E-state index contributed by atoms with van der Waals surface area (Å²) >= 11 is 0. The molecule has 23 heavy (non-hydrogen) atoms. The molecule has 0 saturated carbocycles. The summed E-state index contributed by atoms with van der Waals surface area (Å²) in [5.74, 6) is 1.46. The second-order valence-corrected chi connectivity index (χ2v) is 4.88. The minimum absolute atomic E-state index is 0.139. The largest absolute Gasteiger partial charge is 0.444 e. The zero-order valence-electron chi connectivity index (χ0n) is 12.7. The topological polar surface area (TPSA) is 79.1 Å². The molecule has 0 fully saturated rings. The van der Waals surface area contributed by atoms with Crippen molar-refractivity contribution in [2.24, 2.45) is 0 Å². The highest BCUT2D eigenvalue weighted by atomic mass is 16.5. The standard InChI is InChI=1S/C16H14N4O3/c1-4-10(2)23-16(21)14-17-15-13(18-19-14)11-7-5-6-8-12(11)20(15)9-22-3/h1,5-8,10H,9H2,2-3H3/t10-/m0/s1. The molecule has 1 aromatic carbocycles. The SMILES string of the molecule is C#C[C@H](C)OC(=O)c1nnc2c3ccccc3n(COC)c2n1. The van der Waals surface area contributed by atoms with E-state index in [0.29, 0.717) is 11.2 Å². The van der Waals surface area contributed by atoms with E-state index in [-0.39, 0.29) is 12.6 Å². The summed E-state index contributed by atoms with van der Waals surface area (Å²) in [4.78, 5) is 16.3. The summed E-state index contributed by atoms with van der Waals surface area (Å²) in [5, 5.41) is 8.87. The van der Waals surface area contributed by atoms with Crippen molar-refractivity contribution < 1.29 is 14.3 Å². The molecule has 2 heterocycles. The number of hydrogen-bond acceptors (Lipinski definition) is 6. The van der Waals surface area contributed by atoms with Gasteiger partial charge >= 0.3 is 5.97 Å². The molecule has 3 rings (SSSR count). The van der Waals surface area contributed by atoms with Gasteiger partial charge in [0.25, 0.3) is 5.82 Å². The molecule has 0 radical (unpaired) electrons. The molecule has 0 saturated heterocycles. The predicted molar refractivity (Wildman–Crippen MR) is 83.5 cm³/mol. The highest BCUT2D eigenvalue weighted by molar-refractivity contribution is 6.04. The van der Waals surface area contributed by atoms with Gasteiger partial charge < -0.3 is 9.47 Å². The molecule has 7 nitrogen and oxygen atoms in total. The van der Waals surface area contributed by atoms with Crippen molar-refractivity contribution >= 4 is 28.0 Å². The van der Waals surface area contributed by atoms with Gasteiger partial charge in [-0.15, -0.1) is 16.6 Å². The van der Waals surface area contributed by atoms with E-state index in [1.54, 1.807) is 14.0 Å². The average molecular weight is 310 g/mol. The van der Waals surface area contributed by atoms with Crippen molar-refractivity contribution in [3.63, 3.8) is 0 Å². The number of nitrogens with zero attached hydrogens (tertiary/aromatic N) is 4. The second kappa shape index (κ2) is 6.02. The van der Waals surface area contributed by atoms with Gasteiger partial charge in [-0.2, -0.15) is 0 Å². The Labute approximate surface area is 132 Å². The Bertz CT molecular complexity index is 926. The fraction of sp³-hybridized carbons (Fsp3) is 0.250. The van der Waals surface area contributed by atoms with Crippen molar-refractivity contribution in [3.8, 4) is 12.3 Å². The number of fused-ring (bicyclic) bond motifs is 3. The van der Waals surface area contributed by atoms with Crippen LogP contribution in [0.15, 0.2) is 24.3 Å². The van der Waals surface area contributed by atoms with E-state index in [2.05, 4.69) is 21.1 Å². The molecule has 0 amide bonds. The quantitative estimate of drug-likeness (QED) is 0.540. The number of rotatable bonds is 4. The maximum absolute atomic E-state index is 12.0. The Hall–Kier alpha value is -2.98. The number of hydrogen-bond donors (Lipinski definition) is 0. The number of aromatic nitrogens is 4. The first kappa shape index (κ1) is 14.9. The van der Waals surface area contributed by atoms with E-state index in [4.69, 9.17) is 15.9 Å². The van der Waals surface area contributed by atoms with Crippen molar-refractivity contribution in [2.45, 2.75) is 19.8 Å². The molecule has 3 aromatic rings. The number of para-hydroxylation sites is 1. The van der Waals surface area contributed by atoms with Crippen LogP contribution in [0.2, 0.25) is 0 Å². The van der Waals surface area contributed by atoms with Gasteiger partial charge in [0.15, 0.2) is 11.8 Å². The predicted octanol–water partition coefficient (Wildman–Crippen LogP) is 1.76. The number of methoxy groups -OCH3 is 1. The van der Waals surface area contributed by atoms with Crippen molar-refractivity contribution in [1.82, 2.24) is 19.7 Å². The van der Waals surface area contributed by atoms with E-state index in [0.717, 1.165) is 10.9 Å². The molecule has 1 atom stereocenters. The van der Waals surface area contributed by atoms with Gasteiger partial charge in [0, 0.05) is 12.5 Å². The van der Waals surface area contributed by atoms with Gasteiger partial charge in [-0.3, -0.25) is 4.57 Å². The van der Waals surface area contributed by atoms with Crippen LogP contribution in [0.4, 0.5) is 0 Å². The van der Waals surface area contributed by atoms with Crippen LogP contribution in [-0.4, -0.2) is 38.9 Å². The minimum atomic E-state index is -0.709. The first-order valence-corrected chi connectivity index (χ1v) is 6.93. The molecular formula is C16H14N4O3. The lowest BCUT2D eigenvalue weighted by molar-refractivity contribution is 0.0423. The number of terminal acetylenes is 1. The van der Waals surface area contributed by atoms with Crippen molar-refractivity contribution in [1.29, 1.82) is 0 Å². The summed E-state index contributed by atoms with van der Waals surface area (Å²) in [5.41, 5.74) is 2.00. The lowest BCUT2D eigenvalue weighted by Crippen LogP contribution is -2.17. The molecule has 0 aliphatic carbocycles. The summed E-state index contributed by atoms with van der Waals surface area (Å²) in [6, 6.07) is 7.65. The van der Waals surface area contributed by atoms with Crippen LogP contribution in [0.3, 0.4) is 0 Å². The van der Waals surface area contributed by atoms with Gasteiger partial charge in [-0.05, 0) is 13.0 Å².